The lowest BCUT2D eigenvalue weighted by molar-refractivity contribution is 0.324. The maximum atomic E-state index is 9.62. The molecule has 1 aromatic heterocycles. The van der Waals surface area contributed by atoms with Crippen LogP contribution in [0.3, 0.4) is 0 Å². The van der Waals surface area contributed by atoms with Crippen molar-refractivity contribution in [2.24, 2.45) is 0 Å². The molecule has 0 amide bonds. The lowest BCUT2D eigenvalue weighted by Gasteiger charge is -2.14. The fourth-order valence-corrected chi connectivity index (χ4v) is 3.57. The normalized spacial score (nSPS) is 10.8. The molecule has 0 aliphatic heterocycles. The van der Waals surface area contributed by atoms with Gasteiger partial charge < -0.3 is 24.3 Å². The third-order valence-electron chi connectivity index (χ3n) is 4.27. The van der Waals surface area contributed by atoms with Gasteiger partial charge in [-0.15, -0.1) is 11.3 Å². The number of nitrogens with zero attached hydrogens (tertiary/aromatic N) is 2. The van der Waals surface area contributed by atoms with Crippen LogP contribution in [0.5, 0.6) is 23.0 Å². The first kappa shape index (κ1) is 21.0. The number of hydrogen-bond donors (Lipinski definition) is 1. The molecule has 1 N–H and O–H groups in total. The first-order valence-corrected chi connectivity index (χ1v) is 9.78. The molecule has 2 aromatic carbocycles. The molecular weight excluding hydrogens is 402 g/mol. The van der Waals surface area contributed by atoms with Gasteiger partial charge in [0.1, 0.15) is 22.4 Å². The van der Waals surface area contributed by atoms with E-state index in [-0.39, 0.29) is 0 Å². The number of allylic oxidation sites excluding steroid dienone is 1. The maximum Gasteiger partial charge on any atom is 0.203 e. The summed E-state index contributed by atoms with van der Waals surface area (Å²) in [6, 6.07) is 13.3. The van der Waals surface area contributed by atoms with Gasteiger partial charge in [-0.05, 0) is 12.1 Å². The van der Waals surface area contributed by atoms with Gasteiger partial charge in [0.15, 0.2) is 11.5 Å². The van der Waals surface area contributed by atoms with E-state index in [2.05, 4.69) is 16.4 Å². The number of thiazole rings is 1. The molecule has 0 aliphatic carbocycles. The zero-order valence-corrected chi connectivity index (χ0v) is 17.9. The third-order valence-corrected chi connectivity index (χ3v) is 5.14. The zero-order valence-electron chi connectivity index (χ0n) is 17.1. The van der Waals surface area contributed by atoms with E-state index in [1.54, 1.807) is 46.8 Å². The highest BCUT2D eigenvalue weighted by Gasteiger charge is 2.14. The second-order valence-corrected chi connectivity index (χ2v) is 6.86. The lowest BCUT2D eigenvalue weighted by atomic mass is 10.1. The number of nitrogens with one attached hydrogen (secondary N) is 1. The molecule has 3 aromatic rings. The lowest BCUT2D eigenvalue weighted by Crippen LogP contribution is -1.98. The largest absolute Gasteiger partial charge is 0.497 e. The molecule has 0 unspecified atom stereocenters. The summed E-state index contributed by atoms with van der Waals surface area (Å²) in [5.74, 6) is 2.28. The van der Waals surface area contributed by atoms with Crippen molar-refractivity contribution >= 4 is 22.6 Å². The van der Waals surface area contributed by atoms with Gasteiger partial charge in [0.2, 0.25) is 5.75 Å². The van der Waals surface area contributed by atoms with Crippen molar-refractivity contribution in [3.63, 3.8) is 0 Å². The van der Waals surface area contributed by atoms with Crippen molar-refractivity contribution in [2.75, 3.05) is 33.8 Å². The molecule has 0 saturated heterocycles. The van der Waals surface area contributed by atoms with Crippen LogP contribution in [-0.2, 0) is 0 Å². The van der Waals surface area contributed by atoms with Crippen LogP contribution in [0, 0.1) is 11.3 Å². The first-order valence-electron chi connectivity index (χ1n) is 8.90. The summed E-state index contributed by atoms with van der Waals surface area (Å²) in [7, 11) is 6.26. The second-order valence-electron chi connectivity index (χ2n) is 6.00. The zero-order chi connectivity index (χ0) is 21.5. The van der Waals surface area contributed by atoms with E-state index in [0.29, 0.717) is 33.5 Å². The van der Waals surface area contributed by atoms with E-state index in [0.717, 1.165) is 17.0 Å². The van der Waals surface area contributed by atoms with Gasteiger partial charge in [-0.1, -0.05) is 12.1 Å². The summed E-state index contributed by atoms with van der Waals surface area (Å²) in [5, 5.41) is 15.2. The van der Waals surface area contributed by atoms with Crippen LogP contribution in [0.15, 0.2) is 48.0 Å². The Labute approximate surface area is 179 Å². The van der Waals surface area contributed by atoms with Gasteiger partial charge in [0.05, 0.1) is 34.1 Å². The maximum absolute atomic E-state index is 9.62. The number of anilines is 1. The fraction of sp³-hybridized carbons (Fsp3) is 0.182. The molecule has 0 saturated carbocycles. The van der Waals surface area contributed by atoms with Crippen molar-refractivity contribution in [1.82, 2.24) is 4.98 Å². The van der Waals surface area contributed by atoms with Crippen LogP contribution in [-0.4, -0.2) is 33.4 Å². The van der Waals surface area contributed by atoms with Crippen LogP contribution >= 0.6 is 11.3 Å². The molecule has 30 heavy (non-hydrogen) atoms. The van der Waals surface area contributed by atoms with E-state index in [4.69, 9.17) is 18.9 Å². The molecule has 154 valence electrons. The molecule has 7 nitrogen and oxygen atoms in total. The van der Waals surface area contributed by atoms with Crippen LogP contribution in [0.2, 0.25) is 0 Å². The molecule has 0 bridgehead atoms. The Hall–Kier alpha value is -3.70. The van der Waals surface area contributed by atoms with E-state index in [9.17, 15) is 5.26 Å². The number of aromatic nitrogens is 1. The Morgan fingerprint density at radius 1 is 1.03 bits per heavy atom. The summed E-state index contributed by atoms with van der Waals surface area (Å²) < 4.78 is 21.3. The van der Waals surface area contributed by atoms with Gasteiger partial charge in [0, 0.05) is 35.0 Å². The first-order chi connectivity index (χ1) is 14.6. The van der Waals surface area contributed by atoms with E-state index in [1.807, 2.05) is 29.6 Å². The van der Waals surface area contributed by atoms with Crippen molar-refractivity contribution in [2.45, 2.75) is 0 Å². The second kappa shape index (κ2) is 9.67. The Kier molecular flexibility index (Phi) is 6.78. The Bertz CT molecular complexity index is 1080. The van der Waals surface area contributed by atoms with Crippen molar-refractivity contribution in [1.29, 1.82) is 5.26 Å². The number of methoxy groups -OCH3 is 4. The van der Waals surface area contributed by atoms with E-state index >= 15 is 0 Å². The van der Waals surface area contributed by atoms with Gasteiger partial charge >= 0.3 is 0 Å². The quantitative estimate of drug-likeness (QED) is 0.520. The monoisotopic (exact) mass is 423 g/mol. The molecule has 3 rings (SSSR count). The Morgan fingerprint density at radius 2 is 1.77 bits per heavy atom. The van der Waals surface area contributed by atoms with Gasteiger partial charge in [0.25, 0.3) is 0 Å². The molecule has 0 spiro atoms. The number of ether oxygens (including phenoxy) is 4. The summed E-state index contributed by atoms with van der Waals surface area (Å²) in [4.78, 5) is 4.60. The van der Waals surface area contributed by atoms with Crippen molar-refractivity contribution < 1.29 is 18.9 Å². The average molecular weight is 423 g/mol. The number of nitriles is 1. The minimum Gasteiger partial charge on any atom is -0.497 e. The van der Waals surface area contributed by atoms with Crippen LogP contribution in [0.4, 0.5) is 5.69 Å². The molecule has 0 atom stereocenters. The van der Waals surface area contributed by atoms with Crippen LogP contribution in [0.1, 0.15) is 5.01 Å². The average Bonchev–Trinajstić information content (AvgIpc) is 3.28. The van der Waals surface area contributed by atoms with E-state index < -0.39 is 0 Å². The van der Waals surface area contributed by atoms with Crippen molar-refractivity contribution in [3.05, 3.63) is 53.0 Å². The molecule has 8 heteroatoms. The fourth-order valence-electron chi connectivity index (χ4n) is 2.77. The summed E-state index contributed by atoms with van der Waals surface area (Å²) in [6.07, 6.45) is 1.61. The van der Waals surface area contributed by atoms with E-state index in [1.165, 1.54) is 11.3 Å². The third kappa shape index (κ3) is 4.47. The molecule has 0 radical (unpaired) electrons. The smallest absolute Gasteiger partial charge is 0.203 e. The predicted octanol–water partition coefficient (Wildman–Crippen LogP) is 4.82. The summed E-state index contributed by atoms with van der Waals surface area (Å²) >= 11 is 1.39. The minimum absolute atomic E-state index is 0.405. The number of rotatable bonds is 8. The Morgan fingerprint density at radius 3 is 2.37 bits per heavy atom. The SMILES string of the molecule is COc1cccc(-c2csc(C(C#N)=CNc3cc(OC)c(OC)c(OC)c3)n2)c1. The van der Waals surface area contributed by atoms with Gasteiger partial charge in [-0.2, -0.15) is 5.26 Å². The highest BCUT2D eigenvalue weighted by Crippen LogP contribution is 2.40. The molecular formula is C22H21N3O4S. The van der Waals surface area contributed by atoms with Crippen LogP contribution < -0.4 is 24.3 Å². The minimum atomic E-state index is 0.405. The summed E-state index contributed by atoms with van der Waals surface area (Å²) in [5.41, 5.74) is 2.79. The number of benzene rings is 2. The molecule has 0 aliphatic rings. The van der Waals surface area contributed by atoms with Crippen LogP contribution in [0.25, 0.3) is 16.8 Å². The predicted molar refractivity (Wildman–Crippen MR) is 117 cm³/mol. The molecule has 1 heterocycles. The molecule has 0 fully saturated rings. The standard InChI is InChI=1S/C22H21N3O4S/c1-26-17-7-5-6-14(8-17)18-13-30-22(25-18)15(11-23)12-24-16-9-19(27-2)21(29-4)20(10-16)28-3/h5-10,12-13,24H,1-4H3. The highest BCUT2D eigenvalue weighted by atomic mass is 32.1. The highest BCUT2D eigenvalue weighted by molar-refractivity contribution is 7.11. The van der Waals surface area contributed by atoms with Crippen molar-refractivity contribution in [3.8, 4) is 40.3 Å². The summed E-state index contributed by atoms with van der Waals surface area (Å²) in [6.45, 7) is 0. The number of hydrogen-bond acceptors (Lipinski definition) is 8. The van der Waals surface area contributed by atoms with Gasteiger partial charge in [-0.25, -0.2) is 4.98 Å². The van der Waals surface area contributed by atoms with Gasteiger partial charge in [-0.3, -0.25) is 0 Å². The topological polar surface area (TPSA) is 85.6 Å². The Balaban J connectivity index is 1.87.